The number of thiazole rings is 1. The molecule has 5 nitrogen and oxygen atoms in total. The number of aromatic nitrogens is 1. The fourth-order valence-corrected chi connectivity index (χ4v) is 4.34. The number of carbonyl (C=O) groups is 1. The van der Waals surface area contributed by atoms with Crippen LogP contribution in [0.15, 0.2) is 24.3 Å². The summed E-state index contributed by atoms with van der Waals surface area (Å²) >= 11 is 1.53. The van der Waals surface area contributed by atoms with E-state index < -0.39 is 6.10 Å². The number of nitrogens with zero attached hydrogens (tertiary/aromatic N) is 1. The molecule has 0 spiro atoms. The van der Waals surface area contributed by atoms with Gasteiger partial charge in [-0.05, 0) is 36.8 Å². The Kier molecular flexibility index (Phi) is 5.20. The highest BCUT2D eigenvalue weighted by atomic mass is 35.5. The van der Waals surface area contributed by atoms with Gasteiger partial charge in [0.15, 0.2) is 11.2 Å². The lowest BCUT2D eigenvalue weighted by atomic mass is 9.97. The number of carbonyl (C=O) groups excluding carboxylic acids is 1. The Morgan fingerprint density at radius 3 is 3.04 bits per heavy atom. The van der Waals surface area contributed by atoms with Crippen LogP contribution in [0.1, 0.15) is 34.2 Å². The smallest absolute Gasteiger partial charge is 0.259 e. The van der Waals surface area contributed by atoms with Crippen molar-refractivity contribution in [3.63, 3.8) is 0 Å². The molecule has 1 aliphatic heterocycles. The van der Waals surface area contributed by atoms with Gasteiger partial charge in [-0.3, -0.25) is 10.1 Å². The molecule has 2 aliphatic rings. The van der Waals surface area contributed by atoms with Crippen molar-refractivity contribution < 1.29 is 9.53 Å². The van der Waals surface area contributed by atoms with E-state index in [-0.39, 0.29) is 24.4 Å². The number of hydrogen-bond donors (Lipinski definition) is 2. The third-order valence-electron chi connectivity index (χ3n) is 4.44. The predicted octanol–water partition coefficient (Wildman–Crippen LogP) is 2.63. The molecule has 3 N–H and O–H groups in total. The molecule has 0 saturated heterocycles. The first-order valence-electron chi connectivity index (χ1n) is 7.95. The first-order valence-corrected chi connectivity index (χ1v) is 8.77. The number of benzene rings is 1. The summed E-state index contributed by atoms with van der Waals surface area (Å²) in [5.74, 6) is -0.146. The standard InChI is InChI=1S/C17H19N3O2S.ClH/c18-11-5-6-13-14(9-11)23-17(19-13)20-16(21)15-12-4-2-1-3-10(12)7-8-22-15;/h1-4,11,15H,5-9,18H2,(H,19,20,21);1H/t11-,15?;/m0./s1. The Balaban J connectivity index is 0.00000169. The number of rotatable bonds is 2. The van der Waals surface area contributed by atoms with Gasteiger partial charge in [0.2, 0.25) is 0 Å². The van der Waals surface area contributed by atoms with Gasteiger partial charge in [-0.25, -0.2) is 4.98 Å². The summed E-state index contributed by atoms with van der Waals surface area (Å²) in [6.07, 6.45) is 3.01. The van der Waals surface area contributed by atoms with Gasteiger partial charge >= 0.3 is 0 Å². The molecule has 0 saturated carbocycles. The molecule has 24 heavy (non-hydrogen) atoms. The fourth-order valence-electron chi connectivity index (χ4n) is 3.24. The van der Waals surface area contributed by atoms with E-state index in [0.29, 0.717) is 11.7 Å². The van der Waals surface area contributed by atoms with Crippen molar-refractivity contribution in [2.75, 3.05) is 11.9 Å². The zero-order valence-electron chi connectivity index (χ0n) is 13.2. The molecule has 1 amide bonds. The van der Waals surface area contributed by atoms with Crippen LogP contribution in [0.4, 0.5) is 5.13 Å². The lowest BCUT2D eigenvalue weighted by molar-refractivity contribution is -0.128. The van der Waals surface area contributed by atoms with Crippen molar-refractivity contribution in [1.82, 2.24) is 4.98 Å². The number of anilines is 1. The minimum absolute atomic E-state index is 0. The van der Waals surface area contributed by atoms with Gasteiger partial charge in [0.25, 0.3) is 5.91 Å². The summed E-state index contributed by atoms with van der Waals surface area (Å²) in [5.41, 5.74) is 9.22. The van der Waals surface area contributed by atoms with Crippen molar-refractivity contribution in [3.8, 4) is 0 Å². The topological polar surface area (TPSA) is 77.2 Å². The summed E-state index contributed by atoms with van der Waals surface area (Å²) in [4.78, 5) is 18.4. The second-order valence-corrected chi connectivity index (χ2v) is 7.16. The van der Waals surface area contributed by atoms with E-state index in [0.717, 1.165) is 36.9 Å². The number of amides is 1. The van der Waals surface area contributed by atoms with Crippen molar-refractivity contribution >= 4 is 34.8 Å². The maximum Gasteiger partial charge on any atom is 0.259 e. The first-order chi connectivity index (χ1) is 11.2. The van der Waals surface area contributed by atoms with Gasteiger partial charge in [0, 0.05) is 10.9 Å². The van der Waals surface area contributed by atoms with Crippen molar-refractivity contribution in [2.24, 2.45) is 5.73 Å². The molecule has 1 unspecified atom stereocenters. The number of fused-ring (bicyclic) bond motifs is 2. The number of nitrogens with one attached hydrogen (secondary N) is 1. The van der Waals surface area contributed by atoms with Gasteiger partial charge in [-0.1, -0.05) is 24.3 Å². The van der Waals surface area contributed by atoms with E-state index in [1.807, 2.05) is 18.2 Å². The first kappa shape index (κ1) is 17.4. The van der Waals surface area contributed by atoms with Crippen molar-refractivity contribution in [3.05, 3.63) is 46.0 Å². The number of ether oxygens (including phenoxy) is 1. The summed E-state index contributed by atoms with van der Waals surface area (Å²) in [6.45, 7) is 0.568. The van der Waals surface area contributed by atoms with Gasteiger partial charge in [0.1, 0.15) is 0 Å². The van der Waals surface area contributed by atoms with E-state index >= 15 is 0 Å². The summed E-state index contributed by atoms with van der Waals surface area (Å²) in [7, 11) is 0. The lowest BCUT2D eigenvalue weighted by Gasteiger charge is -2.24. The summed E-state index contributed by atoms with van der Waals surface area (Å²) < 4.78 is 5.70. The van der Waals surface area contributed by atoms with Crippen LogP contribution in [0.5, 0.6) is 0 Å². The quantitative estimate of drug-likeness (QED) is 0.857. The molecule has 2 heterocycles. The Morgan fingerprint density at radius 1 is 1.33 bits per heavy atom. The van der Waals surface area contributed by atoms with Crippen LogP contribution in [0.2, 0.25) is 0 Å². The third kappa shape index (κ3) is 3.32. The Labute approximate surface area is 151 Å². The van der Waals surface area contributed by atoms with Gasteiger partial charge in [-0.2, -0.15) is 0 Å². The molecular weight excluding hydrogens is 346 g/mol. The molecule has 0 fully saturated rings. The normalized spacial score (nSPS) is 22.0. The van der Waals surface area contributed by atoms with Crippen LogP contribution in [0.3, 0.4) is 0 Å². The molecule has 4 rings (SSSR count). The van der Waals surface area contributed by atoms with Crippen LogP contribution in [-0.2, 0) is 28.8 Å². The lowest BCUT2D eigenvalue weighted by Crippen LogP contribution is -2.28. The SMILES string of the molecule is Cl.N[C@H]1CCc2nc(NC(=O)C3OCCc4ccccc43)sc2C1. The van der Waals surface area contributed by atoms with Crippen LogP contribution in [0.25, 0.3) is 0 Å². The second-order valence-electron chi connectivity index (χ2n) is 6.08. The average molecular weight is 366 g/mol. The van der Waals surface area contributed by atoms with Crippen LogP contribution >= 0.6 is 23.7 Å². The fraction of sp³-hybridized carbons (Fsp3) is 0.412. The molecule has 2 atom stereocenters. The van der Waals surface area contributed by atoms with E-state index in [4.69, 9.17) is 10.5 Å². The molecule has 128 valence electrons. The summed E-state index contributed by atoms with van der Waals surface area (Å²) in [6, 6.07) is 8.17. The van der Waals surface area contributed by atoms with Crippen LogP contribution < -0.4 is 11.1 Å². The number of hydrogen-bond acceptors (Lipinski definition) is 5. The third-order valence-corrected chi connectivity index (χ3v) is 5.47. The molecular formula is C17H20ClN3O2S. The Morgan fingerprint density at radius 2 is 2.17 bits per heavy atom. The molecule has 1 aliphatic carbocycles. The highest BCUT2D eigenvalue weighted by molar-refractivity contribution is 7.15. The van der Waals surface area contributed by atoms with Crippen molar-refractivity contribution in [1.29, 1.82) is 0 Å². The highest BCUT2D eigenvalue weighted by Gasteiger charge is 2.28. The van der Waals surface area contributed by atoms with Crippen LogP contribution in [-0.4, -0.2) is 23.5 Å². The van der Waals surface area contributed by atoms with E-state index in [1.54, 1.807) is 0 Å². The number of nitrogens with two attached hydrogens (primary N) is 1. The van der Waals surface area contributed by atoms with Crippen molar-refractivity contribution in [2.45, 2.75) is 37.8 Å². The van der Waals surface area contributed by atoms with Gasteiger partial charge in [0.05, 0.1) is 12.3 Å². The largest absolute Gasteiger partial charge is 0.363 e. The van der Waals surface area contributed by atoms with Crippen LogP contribution in [0, 0.1) is 0 Å². The maximum atomic E-state index is 12.6. The molecule has 2 aromatic rings. The zero-order chi connectivity index (χ0) is 15.8. The summed E-state index contributed by atoms with van der Waals surface area (Å²) in [5, 5.41) is 3.58. The molecule has 0 radical (unpaired) electrons. The van der Waals surface area contributed by atoms with E-state index in [9.17, 15) is 4.79 Å². The van der Waals surface area contributed by atoms with Gasteiger partial charge < -0.3 is 10.5 Å². The maximum absolute atomic E-state index is 12.6. The minimum atomic E-state index is -0.553. The highest BCUT2D eigenvalue weighted by Crippen LogP contribution is 2.32. The van der Waals surface area contributed by atoms with E-state index in [1.165, 1.54) is 21.8 Å². The minimum Gasteiger partial charge on any atom is -0.363 e. The Hall–Kier alpha value is -1.47. The molecule has 0 bridgehead atoms. The predicted molar refractivity (Wildman–Crippen MR) is 96.8 cm³/mol. The number of halogens is 1. The second kappa shape index (κ2) is 7.19. The number of aryl methyl sites for hydroxylation is 1. The molecule has 7 heteroatoms. The zero-order valence-corrected chi connectivity index (χ0v) is 14.8. The Bertz CT molecular complexity index is 749. The average Bonchev–Trinajstić information content (AvgIpc) is 2.95. The van der Waals surface area contributed by atoms with Gasteiger partial charge in [-0.15, -0.1) is 23.7 Å². The molecule has 1 aromatic carbocycles. The molecule has 1 aromatic heterocycles. The monoisotopic (exact) mass is 365 g/mol. The van der Waals surface area contributed by atoms with E-state index in [2.05, 4.69) is 16.4 Å².